The predicted octanol–water partition coefficient (Wildman–Crippen LogP) is 4.08. The summed E-state index contributed by atoms with van der Waals surface area (Å²) in [6, 6.07) is 10.3. The van der Waals surface area contributed by atoms with Crippen molar-refractivity contribution in [3.05, 3.63) is 51.7 Å². The maximum atomic E-state index is 13.2. The number of aliphatic hydroxyl groups excluding tert-OH is 1. The molecule has 2 aromatic rings. The van der Waals surface area contributed by atoms with Gasteiger partial charge in [-0.1, -0.05) is 32.9 Å². The largest absolute Gasteiger partial charge is 0.491 e. The number of fused-ring (bicyclic) bond motifs is 1. The van der Waals surface area contributed by atoms with E-state index in [2.05, 4.69) is 37.4 Å². The van der Waals surface area contributed by atoms with Gasteiger partial charge in [0, 0.05) is 18.0 Å². The molecule has 0 radical (unpaired) electrons. The summed E-state index contributed by atoms with van der Waals surface area (Å²) in [4.78, 5) is 18.5. The Labute approximate surface area is 184 Å². The quantitative estimate of drug-likeness (QED) is 0.651. The predicted molar refractivity (Wildman–Crippen MR) is 122 cm³/mol. The van der Waals surface area contributed by atoms with Crippen LogP contribution in [0.25, 0.3) is 0 Å². The number of hydrogen-bond acceptors (Lipinski definition) is 5. The molecule has 2 heterocycles. The van der Waals surface area contributed by atoms with Gasteiger partial charge in [0.05, 0.1) is 18.7 Å². The molecule has 0 fully saturated rings. The van der Waals surface area contributed by atoms with E-state index in [1.165, 1.54) is 16.0 Å². The molecular weight excluding hydrogens is 396 g/mol. The first-order valence-corrected chi connectivity index (χ1v) is 11.8. The number of likely N-dealkylation sites (N-methyl/N-ethyl adjacent to an activating group) is 1. The number of ether oxygens (including phenoxy) is 1. The zero-order valence-electron chi connectivity index (χ0n) is 18.5. The van der Waals surface area contributed by atoms with Crippen molar-refractivity contribution in [1.29, 1.82) is 0 Å². The minimum absolute atomic E-state index is 0.0810. The molecule has 0 saturated heterocycles. The van der Waals surface area contributed by atoms with E-state index in [0.29, 0.717) is 32.2 Å². The molecule has 0 aliphatic carbocycles. The summed E-state index contributed by atoms with van der Waals surface area (Å²) < 4.78 is 6.14. The standard InChI is InChI=1S/C24H34N2O3S/c1-5-25(14-18(4)27)15-24(28)26-12-10-23-21(11-13-30-23)22(26)16-29-20-8-6-19(7-9-20)17(2)3/h6-9,11,13,17-18,22,27H,5,10,12,14-16H2,1-4H3/t18-,22+/m1/s1. The third kappa shape index (κ3) is 5.62. The van der Waals surface area contributed by atoms with Gasteiger partial charge >= 0.3 is 0 Å². The summed E-state index contributed by atoms with van der Waals surface area (Å²) in [7, 11) is 0. The van der Waals surface area contributed by atoms with E-state index in [1.54, 1.807) is 18.3 Å². The van der Waals surface area contributed by atoms with Gasteiger partial charge in [-0.25, -0.2) is 0 Å². The second-order valence-electron chi connectivity index (χ2n) is 8.36. The van der Waals surface area contributed by atoms with Gasteiger partial charge in [0.15, 0.2) is 0 Å². The van der Waals surface area contributed by atoms with E-state index in [-0.39, 0.29) is 11.9 Å². The van der Waals surface area contributed by atoms with Crippen molar-refractivity contribution in [2.24, 2.45) is 0 Å². The number of hydrogen-bond donors (Lipinski definition) is 1. The Morgan fingerprint density at radius 1 is 1.27 bits per heavy atom. The molecule has 2 atom stereocenters. The van der Waals surface area contributed by atoms with Gasteiger partial charge in [-0.05, 0) is 60.5 Å². The van der Waals surface area contributed by atoms with Crippen LogP contribution < -0.4 is 4.74 Å². The van der Waals surface area contributed by atoms with Crippen LogP contribution in [-0.4, -0.2) is 59.7 Å². The Hall–Kier alpha value is -1.89. The Morgan fingerprint density at radius 2 is 2.00 bits per heavy atom. The molecule has 0 saturated carbocycles. The molecule has 1 aromatic heterocycles. The van der Waals surface area contributed by atoms with Gasteiger partial charge in [0.1, 0.15) is 12.4 Å². The average molecular weight is 431 g/mol. The number of nitrogens with zero attached hydrogens (tertiary/aromatic N) is 2. The highest BCUT2D eigenvalue weighted by molar-refractivity contribution is 7.10. The Morgan fingerprint density at radius 3 is 2.63 bits per heavy atom. The minimum Gasteiger partial charge on any atom is -0.491 e. The highest BCUT2D eigenvalue weighted by Crippen LogP contribution is 2.34. The lowest BCUT2D eigenvalue weighted by Crippen LogP contribution is -2.47. The van der Waals surface area contributed by atoms with E-state index < -0.39 is 6.10 Å². The van der Waals surface area contributed by atoms with Crippen molar-refractivity contribution in [2.75, 3.05) is 32.8 Å². The number of thiophene rings is 1. The second-order valence-corrected chi connectivity index (χ2v) is 9.36. The second kappa shape index (κ2) is 10.4. The van der Waals surface area contributed by atoms with Crippen LogP contribution in [0, 0.1) is 0 Å². The first-order valence-electron chi connectivity index (χ1n) is 10.9. The molecule has 1 amide bonds. The Balaban J connectivity index is 1.72. The highest BCUT2D eigenvalue weighted by Gasteiger charge is 2.32. The fourth-order valence-corrected chi connectivity index (χ4v) is 4.89. The van der Waals surface area contributed by atoms with Crippen molar-refractivity contribution < 1.29 is 14.6 Å². The van der Waals surface area contributed by atoms with Gasteiger partial charge in [0.2, 0.25) is 5.91 Å². The zero-order chi connectivity index (χ0) is 21.7. The van der Waals surface area contributed by atoms with Crippen molar-refractivity contribution >= 4 is 17.2 Å². The normalized spacial score (nSPS) is 17.3. The van der Waals surface area contributed by atoms with Crippen LogP contribution in [0.1, 0.15) is 55.7 Å². The Bertz CT molecular complexity index is 816. The number of rotatable bonds is 9. The molecule has 1 aliphatic heterocycles. The van der Waals surface area contributed by atoms with Crippen LogP contribution in [0.3, 0.4) is 0 Å². The molecule has 30 heavy (non-hydrogen) atoms. The van der Waals surface area contributed by atoms with E-state index in [0.717, 1.165) is 18.7 Å². The summed E-state index contributed by atoms with van der Waals surface area (Å²) in [6.45, 7) is 10.8. The molecule has 3 rings (SSSR count). The molecule has 164 valence electrons. The van der Waals surface area contributed by atoms with Gasteiger partial charge in [-0.15, -0.1) is 11.3 Å². The van der Waals surface area contributed by atoms with Crippen LogP contribution in [0.4, 0.5) is 0 Å². The van der Waals surface area contributed by atoms with E-state index >= 15 is 0 Å². The molecule has 0 bridgehead atoms. The van der Waals surface area contributed by atoms with Crippen LogP contribution in [0.2, 0.25) is 0 Å². The smallest absolute Gasteiger partial charge is 0.237 e. The van der Waals surface area contributed by atoms with Crippen molar-refractivity contribution in [3.8, 4) is 5.75 Å². The van der Waals surface area contributed by atoms with E-state index in [1.807, 2.05) is 28.9 Å². The summed E-state index contributed by atoms with van der Waals surface area (Å²) in [5.74, 6) is 1.42. The number of carbonyl (C=O) groups excluding carboxylic acids is 1. The highest BCUT2D eigenvalue weighted by atomic mass is 32.1. The number of carbonyl (C=O) groups is 1. The third-order valence-corrected chi connectivity index (χ3v) is 6.69. The molecule has 0 unspecified atom stereocenters. The van der Waals surface area contributed by atoms with Crippen LogP contribution in [0.15, 0.2) is 35.7 Å². The van der Waals surface area contributed by atoms with Crippen LogP contribution in [0.5, 0.6) is 5.75 Å². The molecule has 6 heteroatoms. The number of amides is 1. The molecular formula is C24H34N2O3S. The fourth-order valence-electron chi connectivity index (χ4n) is 3.96. The fraction of sp³-hybridized carbons (Fsp3) is 0.542. The monoisotopic (exact) mass is 430 g/mol. The van der Waals surface area contributed by atoms with Gasteiger partial charge in [-0.3, -0.25) is 9.69 Å². The maximum absolute atomic E-state index is 13.2. The lowest BCUT2D eigenvalue weighted by atomic mass is 10.00. The lowest BCUT2D eigenvalue weighted by molar-refractivity contribution is -0.136. The molecule has 5 nitrogen and oxygen atoms in total. The molecule has 1 aromatic carbocycles. The summed E-state index contributed by atoms with van der Waals surface area (Å²) >= 11 is 1.76. The van der Waals surface area contributed by atoms with Crippen LogP contribution >= 0.6 is 11.3 Å². The van der Waals surface area contributed by atoms with Crippen molar-refractivity contribution in [2.45, 2.75) is 52.2 Å². The number of aliphatic hydroxyl groups is 1. The van der Waals surface area contributed by atoms with E-state index in [4.69, 9.17) is 4.74 Å². The topological polar surface area (TPSA) is 53.0 Å². The summed E-state index contributed by atoms with van der Waals surface area (Å²) in [5, 5.41) is 11.8. The first-order chi connectivity index (χ1) is 14.4. The van der Waals surface area contributed by atoms with Crippen molar-refractivity contribution in [1.82, 2.24) is 9.80 Å². The van der Waals surface area contributed by atoms with E-state index in [9.17, 15) is 9.90 Å². The zero-order valence-corrected chi connectivity index (χ0v) is 19.3. The van der Waals surface area contributed by atoms with Gasteiger partial charge in [0.25, 0.3) is 0 Å². The average Bonchev–Trinajstić information content (AvgIpc) is 3.20. The first kappa shape index (κ1) is 22.8. The van der Waals surface area contributed by atoms with Crippen LogP contribution in [-0.2, 0) is 11.2 Å². The third-order valence-electron chi connectivity index (χ3n) is 5.70. The molecule has 1 N–H and O–H groups in total. The number of benzene rings is 1. The molecule has 1 aliphatic rings. The summed E-state index contributed by atoms with van der Waals surface area (Å²) in [5.41, 5.74) is 2.49. The lowest BCUT2D eigenvalue weighted by Gasteiger charge is -2.37. The molecule has 0 spiro atoms. The maximum Gasteiger partial charge on any atom is 0.237 e. The van der Waals surface area contributed by atoms with Crippen molar-refractivity contribution in [3.63, 3.8) is 0 Å². The van der Waals surface area contributed by atoms with Gasteiger partial charge < -0.3 is 14.7 Å². The SMILES string of the molecule is CCN(CC(=O)N1CCc2sccc2[C@@H]1COc1ccc(C(C)C)cc1)C[C@@H](C)O. The van der Waals surface area contributed by atoms with Gasteiger partial charge in [-0.2, -0.15) is 0 Å². The summed E-state index contributed by atoms with van der Waals surface area (Å²) in [6.07, 6.45) is 0.441. The minimum atomic E-state index is -0.449. The Kier molecular flexibility index (Phi) is 7.92.